The summed E-state index contributed by atoms with van der Waals surface area (Å²) in [6.45, 7) is 3.96. The van der Waals surface area contributed by atoms with Crippen LogP contribution in [-0.2, 0) is 15.9 Å². The lowest BCUT2D eigenvalue weighted by Crippen LogP contribution is -2.16. The largest absolute Gasteiger partial charge is 0.499 e. The fourth-order valence-corrected chi connectivity index (χ4v) is 3.09. The Morgan fingerprint density at radius 1 is 1.30 bits per heavy atom. The SMILES string of the molecule is C=COCCOCC(=O)c1ccc2cncn2c1Cc1ccc(Br)cc1F. The van der Waals surface area contributed by atoms with Crippen LogP contribution in [0.25, 0.3) is 5.52 Å². The number of benzene rings is 1. The zero-order valence-electron chi connectivity index (χ0n) is 14.5. The van der Waals surface area contributed by atoms with Crippen LogP contribution in [0.1, 0.15) is 21.6 Å². The van der Waals surface area contributed by atoms with Gasteiger partial charge in [-0.3, -0.25) is 4.79 Å². The number of pyridine rings is 1. The predicted molar refractivity (Wildman–Crippen MR) is 103 cm³/mol. The molecule has 3 aromatic rings. The smallest absolute Gasteiger partial charge is 0.190 e. The van der Waals surface area contributed by atoms with E-state index in [1.54, 1.807) is 35.1 Å². The van der Waals surface area contributed by atoms with Crippen LogP contribution >= 0.6 is 15.9 Å². The third kappa shape index (κ3) is 4.61. The Hall–Kier alpha value is -2.51. The number of imidazole rings is 1. The van der Waals surface area contributed by atoms with Gasteiger partial charge >= 0.3 is 0 Å². The van der Waals surface area contributed by atoms with Crippen molar-refractivity contribution in [3.63, 3.8) is 0 Å². The van der Waals surface area contributed by atoms with Crippen LogP contribution in [-0.4, -0.2) is 35.0 Å². The molecule has 0 spiro atoms. The first kappa shape index (κ1) is 19.3. The Balaban J connectivity index is 1.87. The molecule has 3 rings (SSSR count). The molecule has 0 N–H and O–H groups in total. The van der Waals surface area contributed by atoms with Crippen LogP contribution in [0.4, 0.5) is 4.39 Å². The third-order valence-electron chi connectivity index (χ3n) is 4.06. The van der Waals surface area contributed by atoms with Gasteiger partial charge in [0.25, 0.3) is 0 Å². The Morgan fingerprint density at radius 2 is 2.15 bits per heavy atom. The maximum absolute atomic E-state index is 14.3. The first-order chi connectivity index (χ1) is 13.1. The molecule has 0 atom stereocenters. The summed E-state index contributed by atoms with van der Waals surface area (Å²) in [6.07, 6.45) is 4.90. The van der Waals surface area contributed by atoms with Crippen molar-refractivity contribution >= 4 is 27.2 Å². The number of Topliss-reactive ketones (excluding diaryl/α,β-unsaturated/α-hetero) is 1. The summed E-state index contributed by atoms with van der Waals surface area (Å²) < 4.78 is 27.1. The van der Waals surface area contributed by atoms with Gasteiger partial charge in [-0.1, -0.05) is 28.6 Å². The molecule has 140 valence electrons. The summed E-state index contributed by atoms with van der Waals surface area (Å²) >= 11 is 3.26. The van der Waals surface area contributed by atoms with Crippen LogP contribution in [0.15, 0.2) is 60.2 Å². The second-order valence-electron chi connectivity index (χ2n) is 5.81. The zero-order chi connectivity index (χ0) is 19.2. The Bertz CT molecular complexity index is 971. The molecule has 7 heteroatoms. The predicted octanol–water partition coefficient (Wildman–Crippen LogP) is 4.19. The van der Waals surface area contributed by atoms with E-state index in [4.69, 9.17) is 9.47 Å². The number of aromatic nitrogens is 2. The monoisotopic (exact) mass is 432 g/mol. The molecule has 5 nitrogen and oxygen atoms in total. The van der Waals surface area contributed by atoms with Crippen LogP contribution in [0.2, 0.25) is 0 Å². The number of rotatable bonds is 9. The van der Waals surface area contributed by atoms with Gasteiger partial charge in [0.1, 0.15) is 19.0 Å². The molecule has 1 aromatic carbocycles. The molecule has 0 radical (unpaired) electrons. The summed E-state index contributed by atoms with van der Waals surface area (Å²) in [5.41, 5.74) is 2.47. The number of ether oxygens (including phenoxy) is 2. The molecule has 0 amide bonds. The summed E-state index contributed by atoms with van der Waals surface area (Å²) in [5.74, 6) is -0.519. The molecular formula is C20H18BrFN2O3. The summed E-state index contributed by atoms with van der Waals surface area (Å²) in [7, 11) is 0. The molecule has 0 bridgehead atoms. The van der Waals surface area contributed by atoms with E-state index in [0.717, 1.165) is 5.52 Å². The molecule has 27 heavy (non-hydrogen) atoms. The van der Waals surface area contributed by atoms with Crippen LogP contribution in [0.5, 0.6) is 0 Å². The molecule has 0 fully saturated rings. The molecule has 0 saturated carbocycles. The normalized spacial score (nSPS) is 10.9. The van der Waals surface area contributed by atoms with E-state index in [1.807, 2.05) is 6.07 Å². The number of hydrogen-bond donors (Lipinski definition) is 0. The second kappa shape index (κ2) is 8.92. The fourth-order valence-electron chi connectivity index (χ4n) is 2.76. The van der Waals surface area contributed by atoms with Crippen LogP contribution < -0.4 is 0 Å². The lowest BCUT2D eigenvalue weighted by molar-refractivity contribution is 0.0638. The van der Waals surface area contributed by atoms with E-state index in [1.165, 1.54) is 12.3 Å². The van der Waals surface area contributed by atoms with Gasteiger partial charge in [0.15, 0.2) is 5.78 Å². The summed E-state index contributed by atoms with van der Waals surface area (Å²) in [5, 5.41) is 0. The molecule has 0 aliphatic carbocycles. The standard InChI is InChI=1S/C20H18BrFN2O3/c1-2-26-7-8-27-12-20(25)17-6-5-16-11-23-13-24(16)19(17)9-14-3-4-15(21)10-18(14)22/h2-6,10-11,13H,1,7-9,12H2. The number of fused-ring (bicyclic) bond motifs is 1. The van der Waals surface area contributed by atoms with Crippen molar-refractivity contribution in [2.75, 3.05) is 19.8 Å². The number of halogens is 2. The molecule has 2 aromatic heterocycles. The summed E-state index contributed by atoms with van der Waals surface area (Å²) in [4.78, 5) is 16.8. The van der Waals surface area contributed by atoms with E-state index in [9.17, 15) is 9.18 Å². The van der Waals surface area contributed by atoms with Gasteiger partial charge in [-0.05, 0) is 29.8 Å². The Labute approximate surface area is 164 Å². The topological polar surface area (TPSA) is 52.8 Å². The van der Waals surface area contributed by atoms with Crippen LogP contribution in [0.3, 0.4) is 0 Å². The fraction of sp³-hybridized carbons (Fsp3) is 0.200. The van der Waals surface area contributed by atoms with Gasteiger partial charge in [-0.2, -0.15) is 0 Å². The van der Waals surface area contributed by atoms with E-state index < -0.39 is 0 Å². The van der Waals surface area contributed by atoms with E-state index in [2.05, 4.69) is 27.5 Å². The van der Waals surface area contributed by atoms with Gasteiger partial charge in [0.05, 0.1) is 30.9 Å². The van der Waals surface area contributed by atoms with Crippen molar-refractivity contribution in [1.29, 1.82) is 0 Å². The minimum atomic E-state index is -0.335. The minimum absolute atomic E-state index is 0.0868. The van der Waals surface area contributed by atoms with Crippen molar-refractivity contribution in [2.24, 2.45) is 0 Å². The molecule has 2 heterocycles. The molecule has 0 unspecified atom stereocenters. The highest BCUT2D eigenvalue weighted by Crippen LogP contribution is 2.22. The highest BCUT2D eigenvalue weighted by Gasteiger charge is 2.17. The Morgan fingerprint density at radius 3 is 2.93 bits per heavy atom. The third-order valence-corrected chi connectivity index (χ3v) is 4.55. The van der Waals surface area contributed by atoms with Crippen LogP contribution in [0, 0.1) is 5.82 Å². The highest BCUT2D eigenvalue weighted by atomic mass is 79.9. The maximum Gasteiger partial charge on any atom is 0.190 e. The van der Waals surface area contributed by atoms with Crippen molar-refractivity contribution in [2.45, 2.75) is 6.42 Å². The highest BCUT2D eigenvalue weighted by molar-refractivity contribution is 9.10. The van der Waals surface area contributed by atoms with Gasteiger partial charge < -0.3 is 13.9 Å². The van der Waals surface area contributed by atoms with Gasteiger partial charge in [0.2, 0.25) is 0 Å². The van der Waals surface area contributed by atoms with E-state index in [0.29, 0.717) is 27.9 Å². The van der Waals surface area contributed by atoms with E-state index >= 15 is 0 Å². The lowest BCUT2D eigenvalue weighted by atomic mass is 10.0. The van der Waals surface area contributed by atoms with Crippen molar-refractivity contribution < 1.29 is 18.7 Å². The number of ketones is 1. The lowest BCUT2D eigenvalue weighted by Gasteiger charge is -2.13. The van der Waals surface area contributed by atoms with Gasteiger partial charge in [0, 0.05) is 22.2 Å². The zero-order valence-corrected chi connectivity index (χ0v) is 16.1. The van der Waals surface area contributed by atoms with Gasteiger partial charge in [-0.25, -0.2) is 9.37 Å². The van der Waals surface area contributed by atoms with Crippen molar-refractivity contribution in [1.82, 2.24) is 9.38 Å². The second-order valence-corrected chi connectivity index (χ2v) is 6.72. The number of hydrogen-bond acceptors (Lipinski definition) is 4. The number of nitrogens with zero attached hydrogens (tertiary/aromatic N) is 2. The molecule has 0 aliphatic rings. The first-order valence-corrected chi connectivity index (χ1v) is 9.10. The number of carbonyl (C=O) groups excluding carboxylic acids is 1. The summed E-state index contributed by atoms with van der Waals surface area (Å²) in [6, 6.07) is 8.42. The molecular weight excluding hydrogens is 415 g/mol. The molecule has 0 saturated heterocycles. The first-order valence-electron chi connectivity index (χ1n) is 8.31. The quantitative estimate of drug-likeness (QED) is 0.289. The minimum Gasteiger partial charge on any atom is -0.499 e. The average molecular weight is 433 g/mol. The van der Waals surface area contributed by atoms with Gasteiger partial charge in [-0.15, -0.1) is 0 Å². The molecule has 0 aliphatic heterocycles. The maximum atomic E-state index is 14.3. The van der Waals surface area contributed by atoms with Crippen molar-refractivity contribution in [3.8, 4) is 0 Å². The Kier molecular flexibility index (Phi) is 6.36. The number of carbonyl (C=O) groups is 1. The van der Waals surface area contributed by atoms with E-state index in [-0.39, 0.29) is 31.2 Å². The average Bonchev–Trinajstić information content (AvgIpc) is 3.13. The van der Waals surface area contributed by atoms with Crippen molar-refractivity contribution in [3.05, 3.63) is 82.8 Å².